The number of rotatable bonds is 6. The van der Waals surface area contributed by atoms with Crippen LogP contribution in [0.4, 0.5) is 4.39 Å². The van der Waals surface area contributed by atoms with Gasteiger partial charge in [-0.3, -0.25) is 4.79 Å². The summed E-state index contributed by atoms with van der Waals surface area (Å²) in [5, 5.41) is 2.84. The molecule has 2 aromatic rings. The van der Waals surface area contributed by atoms with Crippen molar-refractivity contribution in [1.82, 2.24) is 5.32 Å². The van der Waals surface area contributed by atoms with Crippen LogP contribution in [-0.2, 0) is 4.79 Å². The van der Waals surface area contributed by atoms with Gasteiger partial charge in [0.15, 0.2) is 6.61 Å². The number of carbonyl (C=O) groups is 1. The number of amides is 1. The maximum Gasteiger partial charge on any atom is 0.258 e. The zero-order valence-electron chi connectivity index (χ0n) is 12.5. The number of halogens is 1. The molecule has 0 saturated carbocycles. The first-order valence-corrected chi connectivity index (χ1v) is 6.90. The molecule has 1 atom stereocenters. The second kappa shape index (κ2) is 7.45. The van der Waals surface area contributed by atoms with Crippen molar-refractivity contribution >= 4 is 5.91 Å². The van der Waals surface area contributed by atoms with E-state index < -0.39 is 0 Å². The highest BCUT2D eigenvalue weighted by atomic mass is 19.1. The molecule has 116 valence electrons. The van der Waals surface area contributed by atoms with Crippen LogP contribution in [0.5, 0.6) is 11.5 Å². The third-order valence-electron chi connectivity index (χ3n) is 3.18. The fraction of sp³-hybridized carbons (Fsp3) is 0.235. The quantitative estimate of drug-likeness (QED) is 0.892. The summed E-state index contributed by atoms with van der Waals surface area (Å²) in [6, 6.07) is 12.9. The van der Waals surface area contributed by atoms with Gasteiger partial charge in [-0.25, -0.2) is 4.39 Å². The van der Waals surface area contributed by atoms with Crippen LogP contribution < -0.4 is 14.8 Å². The van der Waals surface area contributed by atoms with Gasteiger partial charge < -0.3 is 14.8 Å². The van der Waals surface area contributed by atoms with Gasteiger partial charge in [0.2, 0.25) is 0 Å². The third-order valence-corrected chi connectivity index (χ3v) is 3.18. The molecule has 22 heavy (non-hydrogen) atoms. The van der Waals surface area contributed by atoms with Gasteiger partial charge in [0.1, 0.15) is 17.3 Å². The Morgan fingerprint density at radius 1 is 1.09 bits per heavy atom. The molecule has 2 rings (SSSR count). The van der Waals surface area contributed by atoms with Gasteiger partial charge in [0.05, 0.1) is 13.2 Å². The van der Waals surface area contributed by atoms with E-state index in [-0.39, 0.29) is 24.4 Å². The first-order chi connectivity index (χ1) is 10.6. The lowest BCUT2D eigenvalue weighted by atomic mass is 10.1. The zero-order valence-corrected chi connectivity index (χ0v) is 12.5. The topological polar surface area (TPSA) is 47.6 Å². The molecule has 0 bridgehead atoms. The zero-order chi connectivity index (χ0) is 15.9. The smallest absolute Gasteiger partial charge is 0.258 e. The molecule has 0 fully saturated rings. The van der Waals surface area contributed by atoms with Crippen LogP contribution in [0.2, 0.25) is 0 Å². The van der Waals surface area contributed by atoms with Crippen molar-refractivity contribution in [2.45, 2.75) is 13.0 Å². The fourth-order valence-corrected chi connectivity index (χ4v) is 1.94. The van der Waals surface area contributed by atoms with Crippen molar-refractivity contribution in [3.8, 4) is 11.5 Å². The largest absolute Gasteiger partial charge is 0.497 e. The maximum absolute atomic E-state index is 12.8. The van der Waals surface area contributed by atoms with E-state index in [4.69, 9.17) is 9.47 Å². The molecule has 2 aromatic carbocycles. The standard InChI is InChI=1S/C17H18FNO3/c1-12(13-3-7-15(21-2)8-4-13)19-17(20)11-22-16-9-5-14(18)6-10-16/h3-10,12H,11H2,1-2H3,(H,19,20)/t12-/m1/s1. The number of carbonyl (C=O) groups excluding carboxylic acids is 1. The minimum atomic E-state index is -0.343. The van der Waals surface area contributed by atoms with Gasteiger partial charge in [-0.15, -0.1) is 0 Å². The van der Waals surface area contributed by atoms with Crippen LogP contribution in [0.25, 0.3) is 0 Å². The molecule has 4 nitrogen and oxygen atoms in total. The summed E-state index contributed by atoms with van der Waals surface area (Å²) in [6.07, 6.45) is 0. The molecule has 0 spiro atoms. The monoisotopic (exact) mass is 303 g/mol. The number of nitrogens with one attached hydrogen (secondary N) is 1. The van der Waals surface area contributed by atoms with Gasteiger partial charge in [0, 0.05) is 0 Å². The number of hydrogen-bond acceptors (Lipinski definition) is 3. The highest BCUT2D eigenvalue weighted by molar-refractivity contribution is 5.78. The average molecular weight is 303 g/mol. The Hall–Kier alpha value is -2.56. The molecule has 1 amide bonds. The Morgan fingerprint density at radius 3 is 2.27 bits per heavy atom. The van der Waals surface area contributed by atoms with E-state index in [0.717, 1.165) is 11.3 Å². The van der Waals surface area contributed by atoms with Crippen LogP contribution >= 0.6 is 0 Å². The fourth-order valence-electron chi connectivity index (χ4n) is 1.94. The molecule has 0 aromatic heterocycles. The van der Waals surface area contributed by atoms with Crippen LogP contribution in [0.3, 0.4) is 0 Å². The Morgan fingerprint density at radius 2 is 1.68 bits per heavy atom. The molecule has 1 N–H and O–H groups in total. The van der Waals surface area contributed by atoms with Gasteiger partial charge in [-0.2, -0.15) is 0 Å². The summed E-state index contributed by atoms with van der Waals surface area (Å²) in [7, 11) is 1.60. The summed E-state index contributed by atoms with van der Waals surface area (Å²) >= 11 is 0. The van der Waals surface area contributed by atoms with E-state index in [1.165, 1.54) is 24.3 Å². The third kappa shape index (κ3) is 4.48. The minimum absolute atomic E-state index is 0.119. The lowest BCUT2D eigenvalue weighted by Gasteiger charge is -2.15. The van der Waals surface area contributed by atoms with Gasteiger partial charge in [0.25, 0.3) is 5.91 Å². The van der Waals surface area contributed by atoms with Crippen LogP contribution in [0.15, 0.2) is 48.5 Å². The molecule has 0 unspecified atom stereocenters. The van der Waals surface area contributed by atoms with E-state index in [0.29, 0.717) is 5.75 Å². The summed E-state index contributed by atoms with van der Waals surface area (Å²) in [5.41, 5.74) is 0.968. The van der Waals surface area contributed by atoms with Crippen molar-refractivity contribution in [2.75, 3.05) is 13.7 Å². The molecule has 0 aliphatic carbocycles. The Balaban J connectivity index is 1.83. The number of ether oxygens (including phenoxy) is 2. The second-order valence-corrected chi connectivity index (χ2v) is 4.80. The molecule has 0 heterocycles. The summed E-state index contributed by atoms with van der Waals surface area (Å²) in [4.78, 5) is 11.9. The van der Waals surface area contributed by atoms with E-state index in [9.17, 15) is 9.18 Å². The molecule has 0 aliphatic rings. The van der Waals surface area contributed by atoms with Gasteiger partial charge >= 0.3 is 0 Å². The summed E-state index contributed by atoms with van der Waals surface area (Å²) in [6.45, 7) is 1.77. The highest BCUT2D eigenvalue weighted by Gasteiger charge is 2.10. The van der Waals surface area contributed by atoms with Crippen molar-refractivity contribution in [3.05, 3.63) is 59.9 Å². The molecule has 0 aliphatic heterocycles. The summed E-state index contributed by atoms with van der Waals surface area (Å²) < 4.78 is 23.1. The lowest BCUT2D eigenvalue weighted by molar-refractivity contribution is -0.123. The van der Waals surface area contributed by atoms with Crippen molar-refractivity contribution in [3.63, 3.8) is 0 Å². The minimum Gasteiger partial charge on any atom is -0.497 e. The van der Waals surface area contributed by atoms with Gasteiger partial charge in [-0.05, 0) is 48.9 Å². The van der Waals surface area contributed by atoms with Crippen molar-refractivity contribution < 1.29 is 18.7 Å². The molecule has 5 heteroatoms. The molecular formula is C17H18FNO3. The Bertz CT molecular complexity index is 611. The average Bonchev–Trinajstić information content (AvgIpc) is 2.54. The van der Waals surface area contributed by atoms with Crippen molar-refractivity contribution in [1.29, 1.82) is 0 Å². The summed E-state index contributed by atoms with van der Waals surface area (Å²) in [5.74, 6) is 0.633. The first kappa shape index (κ1) is 15.8. The highest BCUT2D eigenvalue weighted by Crippen LogP contribution is 2.17. The molecule has 0 radical (unpaired) electrons. The van der Waals surface area contributed by atoms with Gasteiger partial charge in [-0.1, -0.05) is 12.1 Å². The van der Waals surface area contributed by atoms with E-state index in [1.54, 1.807) is 7.11 Å². The molecule has 0 saturated heterocycles. The van der Waals surface area contributed by atoms with E-state index >= 15 is 0 Å². The van der Waals surface area contributed by atoms with E-state index in [2.05, 4.69) is 5.32 Å². The maximum atomic E-state index is 12.8. The van der Waals surface area contributed by atoms with E-state index in [1.807, 2.05) is 31.2 Å². The second-order valence-electron chi connectivity index (χ2n) is 4.80. The number of methoxy groups -OCH3 is 1. The predicted octanol–water partition coefficient (Wildman–Crippen LogP) is 3.09. The first-order valence-electron chi connectivity index (χ1n) is 6.90. The SMILES string of the molecule is COc1ccc([C@@H](C)NC(=O)COc2ccc(F)cc2)cc1. The van der Waals surface area contributed by atoms with Crippen molar-refractivity contribution in [2.24, 2.45) is 0 Å². The normalized spacial score (nSPS) is 11.6. The Labute approximate surface area is 128 Å². The Kier molecular flexibility index (Phi) is 5.36. The number of benzene rings is 2. The lowest BCUT2D eigenvalue weighted by Crippen LogP contribution is -2.31. The molecular weight excluding hydrogens is 285 g/mol. The number of hydrogen-bond donors (Lipinski definition) is 1. The predicted molar refractivity (Wildman–Crippen MR) is 81.4 cm³/mol. The van der Waals surface area contributed by atoms with Crippen LogP contribution in [0, 0.1) is 5.82 Å². The van der Waals surface area contributed by atoms with Crippen LogP contribution in [-0.4, -0.2) is 19.6 Å². The van der Waals surface area contributed by atoms with Crippen LogP contribution in [0.1, 0.15) is 18.5 Å².